The highest BCUT2D eigenvalue weighted by Gasteiger charge is 2.16. The minimum absolute atomic E-state index is 0.0790. The number of hydrogen-bond donors (Lipinski definition) is 2. The van der Waals surface area contributed by atoms with E-state index in [0.29, 0.717) is 6.42 Å². The first kappa shape index (κ1) is 18.3. The third-order valence-electron chi connectivity index (χ3n) is 3.90. The normalized spacial score (nSPS) is 11.9. The molecule has 0 amide bonds. The molecular formula is C18H19N5O4. The van der Waals surface area contributed by atoms with Crippen molar-refractivity contribution in [2.45, 2.75) is 26.3 Å². The van der Waals surface area contributed by atoms with E-state index in [9.17, 15) is 14.4 Å². The van der Waals surface area contributed by atoms with Gasteiger partial charge in [-0.1, -0.05) is 30.3 Å². The number of nitrogens with zero attached hydrogens (tertiary/aromatic N) is 3. The number of carbonyl (C=O) groups excluding carboxylic acids is 2. The van der Waals surface area contributed by atoms with E-state index in [1.165, 1.54) is 24.7 Å². The second-order valence-electron chi connectivity index (χ2n) is 6.05. The van der Waals surface area contributed by atoms with E-state index in [0.717, 1.165) is 5.56 Å². The van der Waals surface area contributed by atoms with Crippen molar-refractivity contribution in [1.82, 2.24) is 19.5 Å². The molecule has 1 unspecified atom stereocenters. The Morgan fingerprint density at radius 3 is 2.67 bits per heavy atom. The Morgan fingerprint density at radius 2 is 2.00 bits per heavy atom. The van der Waals surface area contributed by atoms with Gasteiger partial charge in [0.1, 0.15) is 12.9 Å². The van der Waals surface area contributed by atoms with Crippen LogP contribution in [0.15, 0.2) is 41.5 Å². The van der Waals surface area contributed by atoms with Crippen molar-refractivity contribution >= 4 is 29.0 Å². The molecule has 2 heterocycles. The third kappa shape index (κ3) is 4.38. The van der Waals surface area contributed by atoms with Crippen molar-refractivity contribution in [2.24, 2.45) is 0 Å². The summed E-state index contributed by atoms with van der Waals surface area (Å²) in [6.07, 6.45) is 1.81. The molecule has 0 saturated carbocycles. The lowest BCUT2D eigenvalue weighted by molar-refractivity contribution is -0.141. The number of aromatic amines is 1. The van der Waals surface area contributed by atoms with E-state index in [4.69, 9.17) is 4.74 Å². The van der Waals surface area contributed by atoms with Crippen LogP contribution in [0.3, 0.4) is 0 Å². The zero-order chi connectivity index (χ0) is 19.4. The van der Waals surface area contributed by atoms with Gasteiger partial charge in [-0.25, -0.2) is 4.98 Å². The first-order chi connectivity index (χ1) is 12.9. The predicted molar refractivity (Wildman–Crippen MR) is 98.6 cm³/mol. The van der Waals surface area contributed by atoms with Gasteiger partial charge in [0.15, 0.2) is 11.2 Å². The van der Waals surface area contributed by atoms with Crippen LogP contribution in [0.2, 0.25) is 0 Å². The number of aromatic nitrogens is 4. The van der Waals surface area contributed by atoms with Crippen LogP contribution in [0.1, 0.15) is 24.2 Å². The number of fused-ring (bicyclic) bond motifs is 1. The van der Waals surface area contributed by atoms with E-state index < -0.39 is 11.5 Å². The second-order valence-corrected chi connectivity index (χ2v) is 6.05. The quantitative estimate of drug-likeness (QED) is 0.630. The Hall–Kier alpha value is -3.49. The summed E-state index contributed by atoms with van der Waals surface area (Å²) in [5.74, 6) is -0.535. The highest BCUT2D eigenvalue weighted by atomic mass is 16.5. The van der Waals surface area contributed by atoms with Crippen molar-refractivity contribution in [3.05, 3.63) is 52.6 Å². The van der Waals surface area contributed by atoms with Gasteiger partial charge in [0.05, 0.1) is 6.04 Å². The molecule has 3 rings (SSSR count). The largest absolute Gasteiger partial charge is 0.464 e. The Morgan fingerprint density at radius 1 is 1.26 bits per heavy atom. The monoisotopic (exact) mass is 369 g/mol. The van der Waals surface area contributed by atoms with Gasteiger partial charge in [0, 0.05) is 13.8 Å². The van der Waals surface area contributed by atoms with Gasteiger partial charge in [-0.3, -0.25) is 23.9 Å². The fourth-order valence-electron chi connectivity index (χ4n) is 2.67. The topological polar surface area (TPSA) is 119 Å². The van der Waals surface area contributed by atoms with Crippen molar-refractivity contribution < 1.29 is 14.3 Å². The summed E-state index contributed by atoms with van der Waals surface area (Å²) in [4.78, 5) is 45.9. The number of carbonyl (C=O) groups is 2. The molecule has 9 heteroatoms. The van der Waals surface area contributed by atoms with Crippen molar-refractivity contribution in [3.8, 4) is 0 Å². The highest BCUT2D eigenvalue weighted by molar-refractivity contribution is 5.86. The second kappa shape index (κ2) is 7.81. The van der Waals surface area contributed by atoms with E-state index in [1.807, 2.05) is 30.3 Å². The number of rotatable bonds is 6. The SMILES string of the molecule is CC(=O)OCC(Cc1ccccc1)Nc1nc2c(ncn2C(C)=O)c(=O)[nH]1. The van der Waals surface area contributed by atoms with Crippen LogP contribution >= 0.6 is 0 Å². The smallest absolute Gasteiger partial charge is 0.302 e. The third-order valence-corrected chi connectivity index (χ3v) is 3.90. The van der Waals surface area contributed by atoms with Crippen molar-refractivity contribution in [2.75, 3.05) is 11.9 Å². The van der Waals surface area contributed by atoms with Gasteiger partial charge in [0.25, 0.3) is 5.56 Å². The molecule has 2 N–H and O–H groups in total. The van der Waals surface area contributed by atoms with Crippen LogP contribution in [0.4, 0.5) is 5.95 Å². The maximum absolute atomic E-state index is 12.2. The van der Waals surface area contributed by atoms with Crippen LogP contribution in [0, 0.1) is 0 Å². The molecule has 0 aliphatic carbocycles. The number of anilines is 1. The highest BCUT2D eigenvalue weighted by Crippen LogP contribution is 2.11. The molecule has 1 aromatic carbocycles. The van der Waals surface area contributed by atoms with E-state index in [2.05, 4.69) is 20.3 Å². The predicted octanol–water partition coefficient (Wildman–Crippen LogP) is 1.37. The lowest BCUT2D eigenvalue weighted by atomic mass is 10.1. The summed E-state index contributed by atoms with van der Waals surface area (Å²) in [6.45, 7) is 2.78. The van der Waals surface area contributed by atoms with E-state index in [-0.39, 0.29) is 35.7 Å². The molecule has 3 aromatic rings. The van der Waals surface area contributed by atoms with Crippen molar-refractivity contribution in [1.29, 1.82) is 0 Å². The molecule has 0 aliphatic heterocycles. The summed E-state index contributed by atoms with van der Waals surface area (Å²) < 4.78 is 6.32. The summed E-state index contributed by atoms with van der Waals surface area (Å²) in [6, 6.07) is 9.31. The number of ether oxygens (including phenoxy) is 1. The molecular weight excluding hydrogens is 350 g/mol. The van der Waals surface area contributed by atoms with Crippen LogP contribution in [0.5, 0.6) is 0 Å². The molecule has 1 atom stereocenters. The van der Waals surface area contributed by atoms with Gasteiger partial charge in [-0.05, 0) is 12.0 Å². The minimum atomic E-state index is -0.464. The summed E-state index contributed by atoms with van der Waals surface area (Å²) in [5, 5.41) is 3.08. The van der Waals surface area contributed by atoms with Gasteiger partial charge in [0.2, 0.25) is 11.9 Å². The zero-order valence-electron chi connectivity index (χ0n) is 14.9. The summed E-state index contributed by atoms with van der Waals surface area (Å²) in [5.41, 5.74) is 0.808. The Bertz CT molecular complexity index is 1030. The van der Waals surface area contributed by atoms with Crippen LogP contribution in [-0.4, -0.2) is 44.0 Å². The molecule has 9 nitrogen and oxygen atoms in total. The fraction of sp³-hybridized carbons (Fsp3) is 0.278. The van der Waals surface area contributed by atoms with Gasteiger partial charge < -0.3 is 10.1 Å². The molecule has 0 fully saturated rings. The molecule has 0 saturated heterocycles. The Balaban J connectivity index is 1.89. The fourth-order valence-corrected chi connectivity index (χ4v) is 2.67. The van der Waals surface area contributed by atoms with Crippen LogP contribution < -0.4 is 10.9 Å². The number of nitrogens with one attached hydrogen (secondary N) is 2. The molecule has 0 radical (unpaired) electrons. The summed E-state index contributed by atoms with van der Waals surface area (Å²) >= 11 is 0. The minimum Gasteiger partial charge on any atom is -0.464 e. The maximum atomic E-state index is 12.2. The molecule has 2 aromatic heterocycles. The zero-order valence-corrected chi connectivity index (χ0v) is 14.9. The van der Waals surface area contributed by atoms with E-state index >= 15 is 0 Å². The first-order valence-corrected chi connectivity index (χ1v) is 8.36. The maximum Gasteiger partial charge on any atom is 0.302 e. The van der Waals surface area contributed by atoms with Gasteiger partial charge >= 0.3 is 5.97 Å². The number of imidazole rings is 1. The first-order valence-electron chi connectivity index (χ1n) is 8.36. The van der Waals surface area contributed by atoms with Gasteiger partial charge in [-0.2, -0.15) is 4.98 Å². The molecule has 27 heavy (non-hydrogen) atoms. The Kier molecular flexibility index (Phi) is 5.30. The molecule has 0 bridgehead atoms. The van der Waals surface area contributed by atoms with E-state index in [1.54, 1.807) is 0 Å². The number of benzene rings is 1. The number of H-pyrrole nitrogens is 1. The average Bonchev–Trinajstić information content (AvgIpc) is 3.05. The standard InChI is InChI=1S/C18H19N5O4/c1-11(24)23-10-19-15-16(23)21-18(22-17(15)26)20-14(9-27-12(2)25)8-13-6-4-3-5-7-13/h3-7,10,14H,8-9H2,1-2H3,(H2,20,21,22,26). The lowest BCUT2D eigenvalue weighted by Gasteiger charge is -2.19. The average molecular weight is 369 g/mol. The number of hydrogen-bond acceptors (Lipinski definition) is 7. The summed E-state index contributed by atoms with van der Waals surface area (Å²) in [7, 11) is 0. The molecule has 140 valence electrons. The Labute approximate surface area is 154 Å². The molecule has 0 aliphatic rings. The van der Waals surface area contributed by atoms with Crippen molar-refractivity contribution in [3.63, 3.8) is 0 Å². The molecule has 0 spiro atoms. The number of esters is 1. The van der Waals surface area contributed by atoms with Gasteiger partial charge in [-0.15, -0.1) is 0 Å². The lowest BCUT2D eigenvalue weighted by Crippen LogP contribution is -2.31. The van der Waals surface area contributed by atoms with Crippen LogP contribution in [0.25, 0.3) is 11.2 Å². The van der Waals surface area contributed by atoms with Crippen LogP contribution in [-0.2, 0) is 16.0 Å².